The maximum absolute atomic E-state index is 12.6. The first kappa shape index (κ1) is 22.4. The molecule has 160 valence electrons. The molecule has 0 saturated heterocycles. The largest absolute Gasteiger partial charge is 0.493 e. The van der Waals surface area contributed by atoms with Gasteiger partial charge in [0.25, 0.3) is 11.6 Å². The molecule has 1 atom stereocenters. The van der Waals surface area contributed by atoms with E-state index in [2.05, 4.69) is 5.32 Å². The van der Waals surface area contributed by atoms with Crippen LogP contribution in [0.2, 0.25) is 0 Å². The van der Waals surface area contributed by atoms with E-state index in [9.17, 15) is 19.7 Å². The lowest BCUT2D eigenvalue weighted by atomic mass is 10.1. The Morgan fingerprint density at radius 3 is 2.41 bits per heavy atom. The third-order valence-electron chi connectivity index (χ3n) is 4.85. The summed E-state index contributed by atoms with van der Waals surface area (Å²) in [6.07, 6.45) is 5.12. The molecule has 0 spiro atoms. The SMILES string of the molecule is CCOc1cc([N+](=O)[O-])c(C(=O)O[C@@H](C)C(=O)NC2CCCCCC2)cc1OC. The molecule has 1 saturated carbocycles. The number of methoxy groups -OCH3 is 1. The van der Waals surface area contributed by atoms with E-state index in [1.54, 1.807) is 6.92 Å². The highest BCUT2D eigenvalue weighted by molar-refractivity contribution is 5.96. The predicted molar refractivity (Wildman–Crippen MR) is 105 cm³/mol. The number of hydrogen-bond donors (Lipinski definition) is 1. The molecular formula is C20H28N2O7. The molecule has 1 amide bonds. The summed E-state index contributed by atoms with van der Waals surface area (Å²) in [4.78, 5) is 35.7. The summed E-state index contributed by atoms with van der Waals surface area (Å²) in [5.41, 5.74) is -0.778. The summed E-state index contributed by atoms with van der Waals surface area (Å²) in [6.45, 7) is 3.44. The number of nitro benzene ring substituents is 1. The van der Waals surface area contributed by atoms with Crippen LogP contribution in [-0.4, -0.2) is 42.7 Å². The minimum atomic E-state index is -1.08. The van der Waals surface area contributed by atoms with Crippen LogP contribution in [0.15, 0.2) is 12.1 Å². The van der Waals surface area contributed by atoms with Gasteiger partial charge in [0, 0.05) is 12.1 Å². The van der Waals surface area contributed by atoms with E-state index in [1.807, 2.05) is 0 Å². The van der Waals surface area contributed by atoms with Gasteiger partial charge < -0.3 is 19.5 Å². The second-order valence-electron chi connectivity index (χ2n) is 6.95. The summed E-state index contributed by atoms with van der Waals surface area (Å²) in [7, 11) is 1.36. The van der Waals surface area contributed by atoms with Crippen LogP contribution in [0.1, 0.15) is 62.7 Å². The maximum atomic E-state index is 12.6. The Kier molecular flexibility index (Phi) is 8.23. The molecule has 1 aromatic carbocycles. The molecule has 1 N–H and O–H groups in total. The monoisotopic (exact) mass is 408 g/mol. The molecule has 2 rings (SSSR count). The Bertz CT molecular complexity index is 743. The summed E-state index contributed by atoms with van der Waals surface area (Å²) < 4.78 is 15.7. The lowest BCUT2D eigenvalue weighted by Gasteiger charge is -2.20. The zero-order valence-electron chi connectivity index (χ0n) is 17.1. The van der Waals surface area contributed by atoms with E-state index >= 15 is 0 Å². The number of nitrogens with zero attached hydrogens (tertiary/aromatic N) is 1. The van der Waals surface area contributed by atoms with Crippen molar-refractivity contribution in [2.45, 2.75) is 64.5 Å². The van der Waals surface area contributed by atoms with Crippen molar-refractivity contribution in [1.29, 1.82) is 0 Å². The zero-order chi connectivity index (χ0) is 21.4. The van der Waals surface area contributed by atoms with E-state index in [4.69, 9.17) is 14.2 Å². The first-order chi connectivity index (χ1) is 13.9. The highest BCUT2D eigenvalue weighted by Crippen LogP contribution is 2.35. The molecule has 9 heteroatoms. The Balaban J connectivity index is 2.13. The quantitative estimate of drug-likeness (QED) is 0.303. The topological polar surface area (TPSA) is 117 Å². The summed E-state index contributed by atoms with van der Waals surface area (Å²) >= 11 is 0. The molecule has 1 fully saturated rings. The molecule has 0 heterocycles. The second-order valence-corrected chi connectivity index (χ2v) is 6.95. The molecule has 1 aliphatic rings. The van der Waals surface area contributed by atoms with Gasteiger partial charge in [-0.2, -0.15) is 0 Å². The lowest BCUT2D eigenvalue weighted by Crippen LogP contribution is -2.41. The molecule has 0 unspecified atom stereocenters. The van der Waals surface area contributed by atoms with Gasteiger partial charge in [0.1, 0.15) is 5.56 Å². The first-order valence-corrected chi connectivity index (χ1v) is 9.88. The number of rotatable bonds is 8. The van der Waals surface area contributed by atoms with Crippen molar-refractivity contribution in [3.8, 4) is 11.5 Å². The highest BCUT2D eigenvalue weighted by Gasteiger charge is 2.29. The van der Waals surface area contributed by atoms with Crippen molar-refractivity contribution in [2.75, 3.05) is 13.7 Å². The summed E-state index contributed by atoms with van der Waals surface area (Å²) in [5, 5.41) is 14.3. The Morgan fingerprint density at radius 1 is 1.21 bits per heavy atom. The average molecular weight is 408 g/mol. The van der Waals surface area contributed by atoms with Crippen LogP contribution in [0.3, 0.4) is 0 Å². The van der Waals surface area contributed by atoms with Gasteiger partial charge in [0.05, 0.1) is 24.7 Å². The van der Waals surface area contributed by atoms with E-state index in [0.717, 1.165) is 44.6 Å². The zero-order valence-corrected chi connectivity index (χ0v) is 17.1. The van der Waals surface area contributed by atoms with E-state index < -0.39 is 28.6 Å². The molecular weight excluding hydrogens is 380 g/mol. The van der Waals surface area contributed by atoms with E-state index in [1.165, 1.54) is 20.1 Å². The third kappa shape index (κ3) is 6.07. The second kappa shape index (κ2) is 10.6. The van der Waals surface area contributed by atoms with E-state index in [0.29, 0.717) is 0 Å². The van der Waals surface area contributed by atoms with Gasteiger partial charge in [-0.3, -0.25) is 14.9 Å². The normalized spacial score (nSPS) is 15.7. The molecule has 0 aromatic heterocycles. The standard InChI is InChI=1S/C20H28N2O7/c1-4-28-18-12-16(22(25)26)15(11-17(18)27-3)20(24)29-13(2)19(23)21-14-9-7-5-6-8-10-14/h11-14H,4-10H2,1-3H3,(H,21,23)/t13-/m0/s1. The molecule has 29 heavy (non-hydrogen) atoms. The van der Waals surface area contributed by atoms with Gasteiger partial charge in [-0.25, -0.2) is 4.79 Å². The number of nitro groups is 1. The van der Waals surface area contributed by atoms with Crippen molar-refractivity contribution < 1.29 is 28.7 Å². The number of esters is 1. The van der Waals surface area contributed by atoms with Crippen molar-refractivity contribution in [3.05, 3.63) is 27.8 Å². The maximum Gasteiger partial charge on any atom is 0.346 e. The van der Waals surface area contributed by atoms with Crippen LogP contribution >= 0.6 is 0 Å². The van der Waals surface area contributed by atoms with Crippen LogP contribution in [0.5, 0.6) is 11.5 Å². The fraction of sp³-hybridized carbons (Fsp3) is 0.600. The first-order valence-electron chi connectivity index (χ1n) is 9.88. The molecule has 9 nitrogen and oxygen atoms in total. The van der Waals surface area contributed by atoms with Crippen LogP contribution in [0, 0.1) is 10.1 Å². The molecule has 1 aliphatic carbocycles. The van der Waals surface area contributed by atoms with Crippen molar-refractivity contribution >= 4 is 17.6 Å². The predicted octanol–water partition coefficient (Wildman–Crippen LogP) is 3.39. The highest BCUT2D eigenvalue weighted by atomic mass is 16.6. The third-order valence-corrected chi connectivity index (χ3v) is 4.85. The number of amides is 1. The Labute approximate surface area is 169 Å². The Hall–Kier alpha value is -2.84. The number of carbonyl (C=O) groups excluding carboxylic acids is 2. The fourth-order valence-electron chi connectivity index (χ4n) is 3.31. The van der Waals surface area contributed by atoms with Crippen molar-refractivity contribution in [1.82, 2.24) is 5.32 Å². The number of ether oxygens (including phenoxy) is 3. The summed E-state index contributed by atoms with van der Waals surface area (Å²) in [5.74, 6) is -1.07. The van der Waals surface area contributed by atoms with Gasteiger partial charge in [-0.15, -0.1) is 0 Å². The number of carbonyl (C=O) groups is 2. The Morgan fingerprint density at radius 2 is 1.86 bits per heavy atom. The molecule has 0 bridgehead atoms. The van der Waals surface area contributed by atoms with Gasteiger partial charge in [0.15, 0.2) is 17.6 Å². The van der Waals surface area contributed by atoms with Crippen LogP contribution < -0.4 is 14.8 Å². The number of hydrogen-bond acceptors (Lipinski definition) is 7. The number of nitrogens with one attached hydrogen (secondary N) is 1. The molecule has 1 aromatic rings. The van der Waals surface area contributed by atoms with Crippen molar-refractivity contribution in [2.24, 2.45) is 0 Å². The van der Waals surface area contributed by atoms with Gasteiger partial charge in [0.2, 0.25) is 0 Å². The van der Waals surface area contributed by atoms with Gasteiger partial charge >= 0.3 is 5.97 Å². The average Bonchev–Trinajstić information content (AvgIpc) is 2.96. The molecule has 0 radical (unpaired) electrons. The van der Waals surface area contributed by atoms with Gasteiger partial charge in [-0.1, -0.05) is 25.7 Å². The van der Waals surface area contributed by atoms with E-state index in [-0.39, 0.29) is 29.7 Å². The summed E-state index contributed by atoms with van der Waals surface area (Å²) in [6, 6.07) is 2.38. The number of benzene rings is 1. The smallest absolute Gasteiger partial charge is 0.346 e. The lowest BCUT2D eigenvalue weighted by molar-refractivity contribution is -0.385. The molecule has 0 aliphatic heterocycles. The van der Waals surface area contributed by atoms with Crippen LogP contribution in [0.25, 0.3) is 0 Å². The van der Waals surface area contributed by atoms with Crippen LogP contribution in [0.4, 0.5) is 5.69 Å². The van der Waals surface area contributed by atoms with Crippen molar-refractivity contribution in [3.63, 3.8) is 0 Å². The minimum absolute atomic E-state index is 0.0612. The fourth-order valence-corrected chi connectivity index (χ4v) is 3.31. The van der Waals surface area contributed by atoms with Gasteiger partial charge in [-0.05, 0) is 26.7 Å². The minimum Gasteiger partial charge on any atom is -0.493 e. The van der Waals surface area contributed by atoms with Crippen LogP contribution in [-0.2, 0) is 9.53 Å².